The topological polar surface area (TPSA) is 46.2 Å². The SMILES string of the molecule is CCC(=O)C(C)NC(=O)c1ccc(CC)cc1. The molecule has 3 heteroatoms. The van der Waals surface area contributed by atoms with Crippen LogP contribution in [0.3, 0.4) is 0 Å². The monoisotopic (exact) mass is 233 g/mol. The van der Waals surface area contributed by atoms with E-state index in [0.717, 1.165) is 6.42 Å². The van der Waals surface area contributed by atoms with Crippen LogP contribution in [0.15, 0.2) is 24.3 Å². The molecule has 1 amide bonds. The van der Waals surface area contributed by atoms with Gasteiger partial charge in [0.2, 0.25) is 0 Å². The number of carbonyl (C=O) groups is 2. The molecule has 0 saturated carbocycles. The molecule has 0 aromatic heterocycles. The Hall–Kier alpha value is -1.64. The molecule has 3 nitrogen and oxygen atoms in total. The van der Waals surface area contributed by atoms with Crippen molar-refractivity contribution in [1.82, 2.24) is 5.32 Å². The first-order valence-corrected chi connectivity index (χ1v) is 6.01. The summed E-state index contributed by atoms with van der Waals surface area (Å²) in [5, 5.41) is 2.70. The molecule has 1 rings (SSSR count). The summed E-state index contributed by atoms with van der Waals surface area (Å²) in [5.74, 6) is -0.148. The molecule has 0 spiro atoms. The number of rotatable bonds is 5. The molecule has 92 valence electrons. The molecule has 0 bridgehead atoms. The van der Waals surface area contributed by atoms with Gasteiger partial charge in [-0.3, -0.25) is 9.59 Å². The molecule has 17 heavy (non-hydrogen) atoms. The highest BCUT2D eigenvalue weighted by Gasteiger charge is 2.14. The van der Waals surface area contributed by atoms with E-state index < -0.39 is 6.04 Å². The third-order valence-corrected chi connectivity index (χ3v) is 2.80. The second-order valence-electron chi connectivity index (χ2n) is 4.07. The summed E-state index contributed by atoms with van der Waals surface area (Å²) in [4.78, 5) is 23.2. The van der Waals surface area contributed by atoms with Crippen LogP contribution in [-0.4, -0.2) is 17.7 Å². The van der Waals surface area contributed by atoms with Gasteiger partial charge in [-0.1, -0.05) is 26.0 Å². The third kappa shape index (κ3) is 3.70. The zero-order valence-electron chi connectivity index (χ0n) is 10.6. The Labute approximate surface area is 102 Å². The maximum Gasteiger partial charge on any atom is 0.251 e. The predicted molar refractivity (Wildman–Crippen MR) is 68.0 cm³/mol. The Morgan fingerprint density at radius 1 is 1.18 bits per heavy atom. The minimum Gasteiger partial charge on any atom is -0.343 e. The Balaban J connectivity index is 2.66. The van der Waals surface area contributed by atoms with Gasteiger partial charge < -0.3 is 5.32 Å². The van der Waals surface area contributed by atoms with E-state index in [0.29, 0.717) is 12.0 Å². The average Bonchev–Trinajstić information content (AvgIpc) is 2.37. The number of nitrogens with one attached hydrogen (secondary N) is 1. The standard InChI is InChI=1S/C14H19NO2/c1-4-11-6-8-12(9-7-11)14(17)15-10(3)13(16)5-2/h6-10H,4-5H2,1-3H3,(H,15,17). The van der Waals surface area contributed by atoms with Crippen molar-refractivity contribution in [3.63, 3.8) is 0 Å². The number of ketones is 1. The highest BCUT2D eigenvalue weighted by molar-refractivity contribution is 5.97. The fourth-order valence-electron chi connectivity index (χ4n) is 1.56. The molecular weight excluding hydrogens is 214 g/mol. The Morgan fingerprint density at radius 2 is 1.76 bits per heavy atom. The molecule has 1 unspecified atom stereocenters. The van der Waals surface area contributed by atoms with E-state index in [1.807, 2.05) is 12.1 Å². The summed E-state index contributed by atoms with van der Waals surface area (Å²) in [7, 11) is 0. The van der Waals surface area contributed by atoms with Gasteiger partial charge in [0.15, 0.2) is 5.78 Å². The van der Waals surface area contributed by atoms with Crippen LogP contribution in [0, 0.1) is 0 Å². The molecule has 0 fully saturated rings. The lowest BCUT2D eigenvalue weighted by Crippen LogP contribution is -2.38. The van der Waals surface area contributed by atoms with Gasteiger partial charge >= 0.3 is 0 Å². The molecule has 1 aromatic rings. The second kappa shape index (κ2) is 6.18. The summed E-state index contributed by atoms with van der Waals surface area (Å²) in [5.41, 5.74) is 1.79. The lowest BCUT2D eigenvalue weighted by atomic mass is 10.1. The number of hydrogen-bond acceptors (Lipinski definition) is 2. The van der Waals surface area contributed by atoms with Crippen LogP contribution in [-0.2, 0) is 11.2 Å². The Morgan fingerprint density at radius 3 is 2.24 bits per heavy atom. The molecule has 0 heterocycles. The fourth-order valence-corrected chi connectivity index (χ4v) is 1.56. The van der Waals surface area contributed by atoms with E-state index in [1.165, 1.54) is 5.56 Å². The maximum atomic E-state index is 11.8. The zero-order valence-corrected chi connectivity index (χ0v) is 10.6. The smallest absolute Gasteiger partial charge is 0.251 e. The van der Waals surface area contributed by atoms with Crippen molar-refractivity contribution in [2.24, 2.45) is 0 Å². The normalized spacial score (nSPS) is 11.9. The molecular formula is C14H19NO2. The average molecular weight is 233 g/mol. The molecule has 1 aromatic carbocycles. The maximum absolute atomic E-state index is 11.8. The summed E-state index contributed by atoms with van der Waals surface area (Å²) in [6, 6.07) is 7.02. The van der Waals surface area contributed by atoms with Crippen molar-refractivity contribution in [3.8, 4) is 0 Å². The number of hydrogen-bond donors (Lipinski definition) is 1. The molecule has 0 saturated heterocycles. The van der Waals surface area contributed by atoms with Crippen molar-refractivity contribution in [2.45, 2.75) is 39.7 Å². The number of amides is 1. The van der Waals surface area contributed by atoms with Gasteiger partial charge in [-0.25, -0.2) is 0 Å². The molecule has 1 N–H and O–H groups in total. The molecule has 0 aliphatic heterocycles. The van der Waals surface area contributed by atoms with Gasteiger partial charge in [-0.15, -0.1) is 0 Å². The van der Waals surface area contributed by atoms with E-state index in [2.05, 4.69) is 12.2 Å². The number of carbonyl (C=O) groups excluding carboxylic acids is 2. The van der Waals surface area contributed by atoms with Crippen LogP contribution in [0.1, 0.15) is 43.1 Å². The van der Waals surface area contributed by atoms with Crippen molar-refractivity contribution in [1.29, 1.82) is 0 Å². The minimum absolute atomic E-state index is 0.0449. The van der Waals surface area contributed by atoms with E-state index in [1.54, 1.807) is 26.0 Å². The van der Waals surface area contributed by atoms with Gasteiger partial charge in [-0.2, -0.15) is 0 Å². The third-order valence-electron chi connectivity index (χ3n) is 2.80. The van der Waals surface area contributed by atoms with Crippen molar-refractivity contribution in [3.05, 3.63) is 35.4 Å². The summed E-state index contributed by atoms with van der Waals surface area (Å²) < 4.78 is 0. The van der Waals surface area contributed by atoms with E-state index in [-0.39, 0.29) is 11.7 Å². The van der Waals surface area contributed by atoms with Gasteiger partial charge in [0.25, 0.3) is 5.91 Å². The Kier molecular flexibility index (Phi) is 4.88. The van der Waals surface area contributed by atoms with Crippen LogP contribution in [0.25, 0.3) is 0 Å². The molecule has 0 radical (unpaired) electrons. The van der Waals surface area contributed by atoms with Gasteiger partial charge in [0.1, 0.15) is 0 Å². The number of aryl methyl sites for hydroxylation is 1. The van der Waals surface area contributed by atoms with E-state index in [9.17, 15) is 9.59 Å². The van der Waals surface area contributed by atoms with Crippen molar-refractivity contribution in [2.75, 3.05) is 0 Å². The lowest BCUT2D eigenvalue weighted by Gasteiger charge is -2.11. The first kappa shape index (κ1) is 13.4. The zero-order chi connectivity index (χ0) is 12.8. The summed E-state index contributed by atoms with van der Waals surface area (Å²) >= 11 is 0. The van der Waals surface area contributed by atoms with E-state index >= 15 is 0 Å². The van der Waals surface area contributed by atoms with Gasteiger partial charge in [0.05, 0.1) is 6.04 Å². The molecule has 0 aliphatic rings. The largest absolute Gasteiger partial charge is 0.343 e. The highest BCUT2D eigenvalue weighted by atomic mass is 16.2. The number of Topliss-reactive ketones (excluding diaryl/α,β-unsaturated/α-hetero) is 1. The van der Waals surface area contributed by atoms with Gasteiger partial charge in [-0.05, 0) is 31.0 Å². The second-order valence-corrected chi connectivity index (χ2v) is 4.07. The summed E-state index contributed by atoms with van der Waals surface area (Å²) in [6.45, 7) is 5.57. The van der Waals surface area contributed by atoms with Crippen LogP contribution < -0.4 is 5.32 Å². The summed E-state index contributed by atoms with van der Waals surface area (Å²) in [6.07, 6.45) is 1.39. The van der Waals surface area contributed by atoms with Crippen LogP contribution in [0.5, 0.6) is 0 Å². The highest BCUT2D eigenvalue weighted by Crippen LogP contribution is 2.05. The van der Waals surface area contributed by atoms with Gasteiger partial charge in [0, 0.05) is 12.0 Å². The van der Waals surface area contributed by atoms with Crippen LogP contribution in [0.4, 0.5) is 0 Å². The van der Waals surface area contributed by atoms with Crippen molar-refractivity contribution >= 4 is 11.7 Å². The molecule has 1 atom stereocenters. The first-order chi connectivity index (χ1) is 8.08. The Bertz CT molecular complexity index is 395. The number of benzene rings is 1. The minimum atomic E-state index is -0.418. The quantitative estimate of drug-likeness (QED) is 0.848. The van der Waals surface area contributed by atoms with Crippen LogP contribution in [0.2, 0.25) is 0 Å². The molecule has 0 aliphatic carbocycles. The lowest BCUT2D eigenvalue weighted by molar-refractivity contribution is -0.120. The fraction of sp³-hybridized carbons (Fsp3) is 0.429. The van der Waals surface area contributed by atoms with Crippen molar-refractivity contribution < 1.29 is 9.59 Å². The first-order valence-electron chi connectivity index (χ1n) is 6.01. The van der Waals surface area contributed by atoms with E-state index in [4.69, 9.17) is 0 Å². The van der Waals surface area contributed by atoms with Crippen LogP contribution >= 0.6 is 0 Å². The predicted octanol–water partition coefficient (Wildman–Crippen LogP) is 2.35.